The van der Waals surface area contributed by atoms with Crippen LogP contribution in [0.15, 0.2) is 24.3 Å². The lowest BCUT2D eigenvalue weighted by atomic mass is 9.77. The topological polar surface area (TPSA) is 46.2 Å². The Kier molecular flexibility index (Phi) is 5.66. The monoisotopic (exact) mass is 235 g/mol. The second-order valence-electron chi connectivity index (χ2n) is 4.97. The predicted molar refractivity (Wildman–Crippen MR) is 73.1 cm³/mol. The quantitative estimate of drug-likeness (QED) is 0.714. The number of rotatable bonds is 7. The molecule has 2 heteroatoms. The van der Waals surface area contributed by atoms with Gasteiger partial charge >= 0.3 is 0 Å². The smallest absolute Gasteiger partial charge is 0.0540 e. The molecule has 0 aliphatic heterocycles. The number of nitrogens with two attached hydrogens (primary N) is 1. The first-order valence-corrected chi connectivity index (χ1v) is 6.56. The number of benzene rings is 1. The van der Waals surface area contributed by atoms with E-state index in [2.05, 4.69) is 38.1 Å². The van der Waals surface area contributed by atoms with Gasteiger partial charge in [-0.15, -0.1) is 0 Å². The van der Waals surface area contributed by atoms with Crippen LogP contribution in [0, 0.1) is 6.92 Å². The van der Waals surface area contributed by atoms with E-state index in [0.717, 1.165) is 12.8 Å². The predicted octanol–water partition coefficient (Wildman–Crippen LogP) is 2.76. The van der Waals surface area contributed by atoms with Crippen LogP contribution in [-0.2, 0) is 5.41 Å². The molecule has 2 nitrogen and oxygen atoms in total. The highest BCUT2D eigenvalue weighted by molar-refractivity contribution is 5.29. The molecule has 1 aromatic carbocycles. The fourth-order valence-electron chi connectivity index (χ4n) is 2.22. The van der Waals surface area contributed by atoms with Gasteiger partial charge in [-0.3, -0.25) is 0 Å². The molecule has 0 aliphatic carbocycles. The van der Waals surface area contributed by atoms with Crippen LogP contribution in [-0.4, -0.2) is 18.3 Å². The zero-order chi connectivity index (χ0) is 12.7. The summed E-state index contributed by atoms with van der Waals surface area (Å²) >= 11 is 0. The Morgan fingerprint density at radius 1 is 1.18 bits per heavy atom. The van der Waals surface area contributed by atoms with E-state index < -0.39 is 0 Å². The highest BCUT2D eigenvalue weighted by Crippen LogP contribution is 2.29. The number of unbranched alkanes of at least 4 members (excludes halogenated alkanes) is 2. The summed E-state index contributed by atoms with van der Waals surface area (Å²) in [5.41, 5.74) is 8.08. The van der Waals surface area contributed by atoms with Crippen LogP contribution in [0.4, 0.5) is 0 Å². The van der Waals surface area contributed by atoms with Crippen LogP contribution in [0.5, 0.6) is 0 Å². The lowest BCUT2D eigenvalue weighted by Crippen LogP contribution is -2.38. The van der Waals surface area contributed by atoms with Crippen molar-refractivity contribution < 1.29 is 5.11 Å². The molecule has 0 radical (unpaired) electrons. The number of aliphatic hydroxyl groups excluding tert-OH is 1. The van der Waals surface area contributed by atoms with Crippen molar-refractivity contribution in [3.8, 4) is 0 Å². The fraction of sp³-hybridized carbons (Fsp3) is 0.600. The highest BCUT2D eigenvalue weighted by atomic mass is 16.3. The molecule has 1 aromatic rings. The van der Waals surface area contributed by atoms with Gasteiger partial charge in [0.1, 0.15) is 0 Å². The molecule has 0 aliphatic rings. The molecule has 0 saturated carbocycles. The summed E-state index contributed by atoms with van der Waals surface area (Å²) in [7, 11) is 0. The normalized spacial score (nSPS) is 14.6. The molecular formula is C15H25NO. The van der Waals surface area contributed by atoms with E-state index in [1.807, 2.05) is 0 Å². The zero-order valence-corrected chi connectivity index (χ0v) is 11.1. The SMILES string of the molecule is CCCCCC(CN)(CO)c1ccc(C)cc1. The molecule has 0 saturated heterocycles. The summed E-state index contributed by atoms with van der Waals surface area (Å²) in [5, 5.41) is 9.72. The Bertz CT molecular complexity index is 314. The molecule has 0 fully saturated rings. The third-order valence-corrected chi connectivity index (χ3v) is 3.62. The molecular weight excluding hydrogens is 210 g/mol. The van der Waals surface area contributed by atoms with Crippen molar-refractivity contribution in [2.24, 2.45) is 5.73 Å². The lowest BCUT2D eigenvalue weighted by molar-refractivity contribution is 0.185. The molecule has 96 valence electrons. The van der Waals surface area contributed by atoms with Crippen LogP contribution in [0.3, 0.4) is 0 Å². The number of aryl methyl sites for hydroxylation is 1. The van der Waals surface area contributed by atoms with Crippen molar-refractivity contribution in [3.63, 3.8) is 0 Å². The number of hydrogen-bond donors (Lipinski definition) is 2. The molecule has 1 rings (SSSR count). The van der Waals surface area contributed by atoms with Crippen molar-refractivity contribution in [3.05, 3.63) is 35.4 Å². The molecule has 0 aromatic heterocycles. The van der Waals surface area contributed by atoms with Crippen molar-refractivity contribution in [2.75, 3.05) is 13.2 Å². The van der Waals surface area contributed by atoms with Crippen LogP contribution in [0.1, 0.15) is 43.7 Å². The highest BCUT2D eigenvalue weighted by Gasteiger charge is 2.29. The summed E-state index contributed by atoms with van der Waals surface area (Å²) in [4.78, 5) is 0. The van der Waals surface area contributed by atoms with E-state index in [1.54, 1.807) is 0 Å². The van der Waals surface area contributed by atoms with Gasteiger partial charge in [0.2, 0.25) is 0 Å². The third-order valence-electron chi connectivity index (χ3n) is 3.62. The third kappa shape index (κ3) is 3.55. The Hall–Kier alpha value is -0.860. The molecule has 1 unspecified atom stereocenters. The van der Waals surface area contributed by atoms with E-state index in [0.29, 0.717) is 6.54 Å². The summed E-state index contributed by atoms with van der Waals surface area (Å²) in [6.07, 6.45) is 4.49. The number of aliphatic hydroxyl groups is 1. The molecule has 3 N–H and O–H groups in total. The van der Waals surface area contributed by atoms with E-state index in [9.17, 15) is 5.11 Å². The second-order valence-corrected chi connectivity index (χ2v) is 4.97. The van der Waals surface area contributed by atoms with Gasteiger partial charge in [-0.1, -0.05) is 56.0 Å². The molecule has 0 spiro atoms. The van der Waals surface area contributed by atoms with Crippen molar-refractivity contribution in [1.82, 2.24) is 0 Å². The molecule has 0 amide bonds. The maximum Gasteiger partial charge on any atom is 0.0540 e. The van der Waals surface area contributed by atoms with Gasteiger partial charge in [-0.2, -0.15) is 0 Å². The average molecular weight is 235 g/mol. The van der Waals surface area contributed by atoms with E-state index in [1.165, 1.54) is 24.0 Å². The van der Waals surface area contributed by atoms with Gasteiger partial charge < -0.3 is 10.8 Å². The maximum absolute atomic E-state index is 9.72. The van der Waals surface area contributed by atoms with Gasteiger partial charge in [0.25, 0.3) is 0 Å². The Labute approximate surface area is 105 Å². The van der Waals surface area contributed by atoms with E-state index in [4.69, 9.17) is 5.73 Å². The Balaban J connectivity index is 2.85. The minimum absolute atomic E-state index is 0.135. The van der Waals surface area contributed by atoms with Gasteiger partial charge in [-0.05, 0) is 18.9 Å². The first kappa shape index (κ1) is 14.2. The summed E-state index contributed by atoms with van der Waals surface area (Å²) < 4.78 is 0. The minimum Gasteiger partial charge on any atom is -0.395 e. The van der Waals surface area contributed by atoms with E-state index >= 15 is 0 Å². The van der Waals surface area contributed by atoms with Gasteiger partial charge in [0.15, 0.2) is 0 Å². The molecule has 17 heavy (non-hydrogen) atoms. The summed E-state index contributed by atoms with van der Waals surface area (Å²) in [5.74, 6) is 0. The number of hydrogen-bond acceptors (Lipinski definition) is 2. The van der Waals surface area contributed by atoms with Crippen molar-refractivity contribution in [1.29, 1.82) is 0 Å². The first-order valence-electron chi connectivity index (χ1n) is 6.56. The fourth-order valence-corrected chi connectivity index (χ4v) is 2.22. The molecule has 1 atom stereocenters. The Morgan fingerprint density at radius 3 is 2.29 bits per heavy atom. The second kappa shape index (κ2) is 6.77. The van der Waals surface area contributed by atoms with Crippen LogP contribution in [0.25, 0.3) is 0 Å². The average Bonchev–Trinajstić information content (AvgIpc) is 2.37. The van der Waals surface area contributed by atoms with Crippen LogP contribution < -0.4 is 5.73 Å². The summed E-state index contributed by atoms with van der Waals surface area (Å²) in [6, 6.07) is 8.39. The Morgan fingerprint density at radius 2 is 1.82 bits per heavy atom. The van der Waals surface area contributed by atoms with Crippen LogP contribution >= 0.6 is 0 Å². The largest absolute Gasteiger partial charge is 0.395 e. The van der Waals surface area contributed by atoms with E-state index in [-0.39, 0.29) is 12.0 Å². The molecule has 0 heterocycles. The maximum atomic E-state index is 9.72. The van der Waals surface area contributed by atoms with Gasteiger partial charge in [-0.25, -0.2) is 0 Å². The standard InChI is InChI=1S/C15H25NO/c1-3-4-5-10-15(11-16,12-17)14-8-6-13(2)7-9-14/h6-9,17H,3-5,10-12,16H2,1-2H3. The van der Waals surface area contributed by atoms with Crippen molar-refractivity contribution >= 4 is 0 Å². The summed E-state index contributed by atoms with van der Waals surface area (Å²) in [6.45, 7) is 4.91. The minimum atomic E-state index is -0.247. The van der Waals surface area contributed by atoms with Gasteiger partial charge in [0.05, 0.1) is 6.61 Å². The van der Waals surface area contributed by atoms with Crippen molar-refractivity contribution in [2.45, 2.75) is 44.9 Å². The van der Waals surface area contributed by atoms with Gasteiger partial charge in [0, 0.05) is 12.0 Å². The zero-order valence-electron chi connectivity index (χ0n) is 11.1. The molecule has 0 bridgehead atoms. The lowest BCUT2D eigenvalue weighted by Gasteiger charge is -2.31. The van der Waals surface area contributed by atoms with Crippen LogP contribution in [0.2, 0.25) is 0 Å². The first-order chi connectivity index (χ1) is 8.18.